The number of morpholine rings is 1. The van der Waals surface area contributed by atoms with E-state index in [4.69, 9.17) is 14.2 Å². The van der Waals surface area contributed by atoms with E-state index >= 15 is 0 Å². The van der Waals surface area contributed by atoms with E-state index in [0.717, 1.165) is 75.6 Å². The van der Waals surface area contributed by atoms with Gasteiger partial charge in [-0.1, -0.05) is 18.6 Å². The Hall–Kier alpha value is -2.57. The molecule has 0 radical (unpaired) electrons. The Kier molecular flexibility index (Phi) is 5.35. The number of ether oxygens (including phenoxy) is 3. The Morgan fingerprint density at radius 3 is 2.60 bits per heavy atom. The Bertz CT molecular complexity index is 917. The molecule has 0 bridgehead atoms. The molecule has 0 unspecified atom stereocenters. The monoisotopic (exact) mass is 408 g/mol. The molecule has 2 aromatic carbocycles. The fraction of sp³-hybridized carbons (Fsp3) is 0.458. The molecule has 0 atom stereocenters. The van der Waals surface area contributed by atoms with Gasteiger partial charge < -0.3 is 19.5 Å². The number of carbonyl (C=O) groups excluding carboxylic acids is 1. The summed E-state index contributed by atoms with van der Waals surface area (Å²) < 4.78 is 17.7. The minimum absolute atomic E-state index is 0.120. The Balaban J connectivity index is 1.25. The number of amides is 1. The van der Waals surface area contributed by atoms with E-state index in [1.54, 1.807) is 0 Å². The summed E-state index contributed by atoms with van der Waals surface area (Å²) in [6, 6.07) is 13.5. The van der Waals surface area contributed by atoms with E-state index in [-0.39, 0.29) is 5.91 Å². The zero-order chi connectivity index (χ0) is 20.4. The van der Waals surface area contributed by atoms with Crippen LogP contribution >= 0.6 is 0 Å². The molecule has 158 valence electrons. The molecule has 2 heterocycles. The smallest absolute Gasteiger partial charge is 0.255 e. The minimum atomic E-state index is -0.503. The van der Waals surface area contributed by atoms with Crippen molar-refractivity contribution in [2.24, 2.45) is 0 Å². The lowest BCUT2D eigenvalue weighted by atomic mass is 9.94. The van der Waals surface area contributed by atoms with Gasteiger partial charge in [0.25, 0.3) is 11.7 Å². The average Bonchev–Trinajstić information content (AvgIpc) is 3.11. The lowest BCUT2D eigenvalue weighted by molar-refractivity contribution is -0.105. The number of nitrogens with one attached hydrogen (secondary N) is 1. The molecular formula is C24H28N2O4. The van der Waals surface area contributed by atoms with Crippen LogP contribution in [0.3, 0.4) is 0 Å². The third-order valence-corrected chi connectivity index (χ3v) is 6.11. The molecule has 1 spiro atoms. The Morgan fingerprint density at radius 1 is 0.967 bits per heavy atom. The second-order valence-corrected chi connectivity index (χ2v) is 8.38. The zero-order valence-electron chi connectivity index (χ0n) is 17.2. The van der Waals surface area contributed by atoms with Crippen LogP contribution < -0.4 is 14.8 Å². The molecule has 6 heteroatoms. The molecule has 0 aromatic heterocycles. The second-order valence-electron chi connectivity index (χ2n) is 8.38. The number of anilines is 1. The van der Waals surface area contributed by atoms with Gasteiger partial charge >= 0.3 is 0 Å². The van der Waals surface area contributed by atoms with E-state index in [1.807, 2.05) is 36.4 Å². The van der Waals surface area contributed by atoms with Crippen molar-refractivity contribution >= 4 is 11.6 Å². The number of nitrogens with zero attached hydrogens (tertiary/aromatic N) is 1. The van der Waals surface area contributed by atoms with Crippen LogP contribution in [0.2, 0.25) is 0 Å². The van der Waals surface area contributed by atoms with Crippen molar-refractivity contribution < 1.29 is 19.0 Å². The van der Waals surface area contributed by atoms with Crippen molar-refractivity contribution in [3.8, 4) is 11.5 Å². The lowest BCUT2D eigenvalue weighted by Crippen LogP contribution is -2.40. The SMILES string of the molecule is O=C(Nc1ccc2c(c1)OC1(CCCCC1)O2)c1cccc(CN2CCOCC2)c1. The highest BCUT2D eigenvalue weighted by Gasteiger charge is 2.42. The fourth-order valence-electron chi connectivity index (χ4n) is 4.50. The van der Waals surface area contributed by atoms with E-state index in [9.17, 15) is 4.79 Å². The summed E-state index contributed by atoms with van der Waals surface area (Å²) in [6.45, 7) is 4.22. The third-order valence-electron chi connectivity index (χ3n) is 6.11. The highest BCUT2D eigenvalue weighted by molar-refractivity contribution is 6.04. The molecule has 1 aliphatic carbocycles. The molecule has 30 heavy (non-hydrogen) atoms. The summed E-state index contributed by atoms with van der Waals surface area (Å²) in [5.74, 6) is 0.861. The number of benzene rings is 2. The van der Waals surface area contributed by atoms with Crippen molar-refractivity contribution in [2.45, 2.75) is 44.4 Å². The van der Waals surface area contributed by atoms with Gasteiger partial charge in [0, 0.05) is 49.8 Å². The lowest BCUT2D eigenvalue weighted by Gasteiger charge is -2.31. The van der Waals surface area contributed by atoms with Crippen LogP contribution in [0.15, 0.2) is 42.5 Å². The quantitative estimate of drug-likeness (QED) is 0.822. The predicted molar refractivity (Wildman–Crippen MR) is 114 cm³/mol. The molecule has 6 nitrogen and oxygen atoms in total. The number of fused-ring (bicyclic) bond motifs is 1. The standard InChI is InChI=1S/C24H28N2O4/c27-23(19-6-4-5-18(15-19)17-26-11-13-28-14-12-26)25-20-7-8-21-22(16-20)30-24(29-21)9-2-1-3-10-24/h4-8,15-16H,1-3,9-14,17H2,(H,25,27). The fourth-order valence-corrected chi connectivity index (χ4v) is 4.50. The molecule has 2 aromatic rings. The highest BCUT2D eigenvalue weighted by atomic mass is 16.7. The summed E-state index contributed by atoms with van der Waals surface area (Å²) in [7, 11) is 0. The minimum Gasteiger partial charge on any atom is -0.448 e. The van der Waals surface area contributed by atoms with Crippen LogP contribution in [-0.4, -0.2) is 42.9 Å². The van der Waals surface area contributed by atoms with Crippen LogP contribution in [0.25, 0.3) is 0 Å². The van der Waals surface area contributed by atoms with Gasteiger partial charge in [-0.3, -0.25) is 9.69 Å². The van der Waals surface area contributed by atoms with Gasteiger partial charge in [0.2, 0.25) is 0 Å². The van der Waals surface area contributed by atoms with Crippen LogP contribution in [0.1, 0.15) is 48.0 Å². The van der Waals surface area contributed by atoms with Crippen LogP contribution in [0.4, 0.5) is 5.69 Å². The van der Waals surface area contributed by atoms with Crippen LogP contribution in [-0.2, 0) is 11.3 Å². The first-order chi connectivity index (χ1) is 14.7. The summed E-state index contributed by atoms with van der Waals surface area (Å²) >= 11 is 0. The number of rotatable bonds is 4. The topological polar surface area (TPSA) is 60.0 Å². The maximum absolute atomic E-state index is 12.8. The average molecular weight is 408 g/mol. The molecule has 1 N–H and O–H groups in total. The van der Waals surface area contributed by atoms with Crippen molar-refractivity contribution in [1.82, 2.24) is 4.90 Å². The Labute approximate surface area is 177 Å². The van der Waals surface area contributed by atoms with Gasteiger partial charge in [0.1, 0.15) is 0 Å². The maximum Gasteiger partial charge on any atom is 0.255 e. The first-order valence-electron chi connectivity index (χ1n) is 10.9. The van der Waals surface area contributed by atoms with Crippen molar-refractivity contribution in [3.63, 3.8) is 0 Å². The molecule has 2 fully saturated rings. The first kappa shape index (κ1) is 19.4. The van der Waals surface area contributed by atoms with Crippen molar-refractivity contribution in [1.29, 1.82) is 0 Å². The van der Waals surface area contributed by atoms with E-state index in [0.29, 0.717) is 11.3 Å². The molecule has 3 aliphatic rings. The van der Waals surface area contributed by atoms with Gasteiger partial charge in [-0.25, -0.2) is 0 Å². The van der Waals surface area contributed by atoms with Gasteiger partial charge in [-0.15, -0.1) is 0 Å². The van der Waals surface area contributed by atoms with Crippen molar-refractivity contribution in [3.05, 3.63) is 53.6 Å². The highest BCUT2D eigenvalue weighted by Crippen LogP contribution is 2.46. The zero-order valence-corrected chi connectivity index (χ0v) is 17.2. The van der Waals surface area contributed by atoms with Crippen LogP contribution in [0, 0.1) is 0 Å². The van der Waals surface area contributed by atoms with Gasteiger partial charge in [0.15, 0.2) is 11.5 Å². The van der Waals surface area contributed by atoms with E-state index < -0.39 is 5.79 Å². The maximum atomic E-state index is 12.8. The van der Waals surface area contributed by atoms with Crippen molar-refractivity contribution in [2.75, 3.05) is 31.6 Å². The third kappa shape index (κ3) is 4.16. The molecular weight excluding hydrogens is 380 g/mol. The van der Waals surface area contributed by atoms with Crippen LogP contribution in [0.5, 0.6) is 11.5 Å². The normalized spacial score (nSPS) is 20.3. The van der Waals surface area contributed by atoms with Gasteiger partial charge in [-0.2, -0.15) is 0 Å². The number of carbonyl (C=O) groups is 1. The molecule has 5 rings (SSSR count). The number of hydrogen-bond acceptors (Lipinski definition) is 5. The Morgan fingerprint density at radius 2 is 1.77 bits per heavy atom. The van der Waals surface area contributed by atoms with E-state index in [2.05, 4.69) is 16.3 Å². The summed E-state index contributed by atoms with van der Waals surface area (Å²) in [6.07, 6.45) is 5.31. The van der Waals surface area contributed by atoms with Gasteiger partial charge in [0.05, 0.1) is 13.2 Å². The number of hydrogen-bond donors (Lipinski definition) is 1. The summed E-state index contributed by atoms with van der Waals surface area (Å²) in [5.41, 5.74) is 2.51. The van der Waals surface area contributed by atoms with Gasteiger partial charge in [-0.05, 0) is 42.7 Å². The molecule has 1 amide bonds. The summed E-state index contributed by atoms with van der Waals surface area (Å²) in [4.78, 5) is 15.2. The molecule has 1 saturated carbocycles. The molecule has 1 saturated heterocycles. The summed E-state index contributed by atoms with van der Waals surface area (Å²) in [5, 5.41) is 3.00. The largest absolute Gasteiger partial charge is 0.448 e. The predicted octanol–water partition coefficient (Wildman–Crippen LogP) is 4.20. The second kappa shape index (κ2) is 8.28. The first-order valence-corrected chi connectivity index (χ1v) is 10.9. The van der Waals surface area contributed by atoms with E-state index in [1.165, 1.54) is 6.42 Å². The molecule has 2 aliphatic heterocycles.